The van der Waals surface area contributed by atoms with Gasteiger partial charge in [-0.2, -0.15) is 0 Å². The van der Waals surface area contributed by atoms with E-state index >= 15 is 0 Å². The summed E-state index contributed by atoms with van der Waals surface area (Å²) in [5.41, 5.74) is -0.466. The van der Waals surface area contributed by atoms with Crippen molar-refractivity contribution in [2.75, 3.05) is 70.3 Å². The monoisotopic (exact) mass is 430 g/mol. The molecule has 2 fully saturated rings. The highest BCUT2D eigenvalue weighted by atomic mass is 16.6. The third-order valence-corrected chi connectivity index (χ3v) is 5.78. The lowest BCUT2D eigenvalue weighted by atomic mass is 10.2. The van der Waals surface area contributed by atoms with E-state index in [1.807, 2.05) is 26.8 Å². The van der Waals surface area contributed by atoms with Crippen LogP contribution in [0, 0.1) is 0 Å². The molecule has 1 unspecified atom stereocenters. The van der Waals surface area contributed by atoms with Gasteiger partial charge in [0, 0.05) is 71.3 Å². The number of piperazine rings is 2. The van der Waals surface area contributed by atoms with E-state index in [1.54, 1.807) is 17.3 Å². The van der Waals surface area contributed by atoms with Gasteiger partial charge in [0.05, 0.1) is 12.6 Å². The van der Waals surface area contributed by atoms with Crippen LogP contribution in [0.1, 0.15) is 20.8 Å². The van der Waals surface area contributed by atoms with Gasteiger partial charge in [-0.1, -0.05) is 0 Å². The summed E-state index contributed by atoms with van der Waals surface area (Å²) in [6, 6.07) is 2.08. The van der Waals surface area contributed by atoms with Gasteiger partial charge >= 0.3 is 6.09 Å². The van der Waals surface area contributed by atoms with Gasteiger partial charge in [0.25, 0.3) is 0 Å². The third kappa shape index (κ3) is 5.55. The van der Waals surface area contributed by atoms with Gasteiger partial charge < -0.3 is 24.8 Å². The number of fused-ring (bicyclic) bond motifs is 1. The maximum atomic E-state index is 12.4. The number of guanidine groups is 1. The third-order valence-electron chi connectivity index (χ3n) is 5.78. The molecule has 1 N–H and O–H groups in total. The first-order chi connectivity index (χ1) is 14.9. The predicted molar refractivity (Wildman–Crippen MR) is 119 cm³/mol. The fraction of sp³-hybridized carbons (Fsp3) is 0.714. The zero-order valence-electron chi connectivity index (χ0n) is 18.8. The molecule has 0 saturated carbocycles. The topological polar surface area (TPSA) is 89.4 Å². The predicted octanol–water partition coefficient (Wildman–Crippen LogP) is 0.479. The van der Waals surface area contributed by atoms with Gasteiger partial charge in [0.1, 0.15) is 5.60 Å². The van der Waals surface area contributed by atoms with E-state index in [0.29, 0.717) is 13.1 Å². The highest BCUT2D eigenvalue weighted by Gasteiger charge is 2.36. The van der Waals surface area contributed by atoms with Crippen LogP contribution in [0.3, 0.4) is 0 Å². The lowest BCUT2D eigenvalue weighted by Gasteiger charge is -2.39. The molecule has 1 atom stereocenters. The maximum Gasteiger partial charge on any atom is 0.410 e. The molecule has 1 amide bonds. The summed E-state index contributed by atoms with van der Waals surface area (Å²) in [6.45, 7) is 14.3. The molecule has 3 aliphatic rings. The minimum Gasteiger partial charge on any atom is -0.444 e. The molecule has 0 radical (unpaired) electrons. The minimum absolute atomic E-state index is 0.228. The van der Waals surface area contributed by atoms with Crippen LogP contribution in [0.25, 0.3) is 0 Å². The average Bonchev–Trinajstić information content (AvgIpc) is 3.16. The van der Waals surface area contributed by atoms with Crippen LogP contribution >= 0.6 is 0 Å². The summed E-state index contributed by atoms with van der Waals surface area (Å²) in [6.07, 6.45) is 3.36. The molecular formula is C21H34N8O2. The number of aromatic nitrogens is 2. The molecule has 10 nitrogen and oxygen atoms in total. The van der Waals surface area contributed by atoms with Gasteiger partial charge in [0.15, 0.2) is 5.96 Å². The standard InChI is InChI=1S/C21H34N8O2/c1-21(2,3)31-20(30)28-13-14-29-17(16-28)15-25-19(29)24-7-8-26-9-11-27(12-10-26)18-22-5-4-6-23-18/h4-6,17H,7-16H2,1-3H3,(H,24,25). The molecule has 4 rings (SSSR count). The first-order valence-corrected chi connectivity index (χ1v) is 11.2. The molecule has 2 saturated heterocycles. The molecule has 1 aromatic heterocycles. The fourth-order valence-corrected chi connectivity index (χ4v) is 4.17. The molecule has 170 valence electrons. The van der Waals surface area contributed by atoms with E-state index in [1.165, 1.54) is 0 Å². The van der Waals surface area contributed by atoms with Crippen molar-refractivity contribution in [3.63, 3.8) is 0 Å². The molecule has 4 heterocycles. The van der Waals surface area contributed by atoms with E-state index in [4.69, 9.17) is 9.73 Å². The quantitative estimate of drug-likeness (QED) is 0.738. The Kier molecular flexibility index (Phi) is 6.45. The summed E-state index contributed by atoms with van der Waals surface area (Å²) in [4.78, 5) is 34.5. The summed E-state index contributed by atoms with van der Waals surface area (Å²) in [5.74, 6) is 1.78. The van der Waals surface area contributed by atoms with E-state index in [-0.39, 0.29) is 12.1 Å². The lowest BCUT2D eigenvalue weighted by molar-refractivity contribution is 0.0137. The zero-order valence-corrected chi connectivity index (χ0v) is 18.8. The second-order valence-electron chi connectivity index (χ2n) is 9.24. The van der Waals surface area contributed by atoms with Crippen LogP contribution in [-0.2, 0) is 4.74 Å². The van der Waals surface area contributed by atoms with Crippen LogP contribution in [0.15, 0.2) is 23.5 Å². The number of hydrogen-bond acceptors (Lipinski definition) is 9. The molecule has 10 heteroatoms. The molecule has 0 spiro atoms. The zero-order chi connectivity index (χ0) is 21.8. The van der Waals surface area contributed by atoms with Crippen molar-refractivity contribution in [1.29, 1.82) is 0 Å². The van der Waals surface area contributed by atoms with Crippen LogP contribution < -0.4 is 10.2 Å². The number of nitrogens with one attached hydrogen (secondary N) is 1. The lowest BCUT2D eigenvalue weighted by Crippen LogP contribution is -2.58. The summed E-state index contributed by atoms with van der Waals surface area (Å²) in [7, 11) is 0. The molecule has 0 aliphatic carbocycles. The van der Waals surface area contributed by atoms with E-state index in [0.717, 1.165) is 64.3 Å². The number of rotatable bonds is 4. The van der Waals surface area contributed by atoms with E-state index < -0.39 is 5.60 Å². The van der Waals surface area contributed by atoms with Crippen LogP contribution in [0.2, 0.25) is 0 Å². The number of anilines is 1. The van der Waals surface area contributed by atoms with Crippen molar-refractivity contribution in [1.82, 2.24) is 30.0 Å². The smallest absolute Gasteiger partial charge is 0.410 e. The largest absolute Gasteiger partial charge is 0.444 e. The Bertz CT molecular complexity index is 773. The number of ether oxygens (including phenoxy) is 1. The fourth-order valence-electron chi connectivity index (χ4n) is 4.17. The number of nitrogens with zero attached hydrogens (tertiary/aromatic N) is 7. The average molecular weight is 431 g/mol. The van der Waals surface area contributed by atoms with Crippen molar-refractivity contribution in [2.45, 2.75) is 32.4 Å². The Balaban J connectivity index is 1.17. The van der Waals surface area contributed by atoms with Gasteiger partial charge in [-0.05, 0) is 26.8 Å². The summed E-state index contributed by atoms with van der Waals surface area (Å²) in [5, 5.41) is 3.51. The van der Waals surface area contributed by atoms with Crippen molar-refractivity contribution in [2.24, 2.45) is 4.99 Å². The molecule has 31 heavy (non-hydrogen) atoms. The van der Waals surface area contributed by atoms with Crippen LogP contribution in [0.4, 0.5) is 10.7 Å². The van der Waals surface area contributed by atoms with E-state index in [2.05, 4.69) is 30.0 Å². The Morgan fingerprint density at radius 2 is 1.87 bits per heavy atom. The SMILES string of the molecule is CC(C)(C)OC(=O)N1CCN2C(NCCN3CCN(c4ncccn4)CC3)=NCC2C1. The second-order valence-corrected chi connectivity index (χ2v) is 9.24. The highest BCUT2D eigenvalue weighted by Crippen LogP contribution is 2.18. The second kappa shape index (κ2) is 9.25. The molecule has 1 aromatic rings. The Morgan fingerprint density at radius 3 is 2.58 bits per heavy atom. The molecule has 0 aromatic carbocycles. The van der Waals surface area contributed by atoms with Gasteiger partial charge in [-0.25, -0.2) is 14.8 Å². The van der Waals surface area contributed by atoms with Crippen molar-refractivity contribution in [3.8, 4) is 0 Å². The van der Waals surface area contributed by atoms with Crippen LogP contribution in [0.5, 0.6) is 0 Å². The molecule has 3 aliphatic heterocycles. The first kappa shape index (κ1) is 21.6. The number of aliphatic imine (C=N–C) groups is 1. The van der Waals surface area contributed by atoms with Crippen molar-refractivity contribution in [3.05, 3.63) is 18.5 Å². The normalized spacial score (nSPS) is 22.2. The van der Waals surface area contributed by atoms with Gasteiger partial charge in [-0.15, -0.1) is 0 Å². The van der Waals surface area contributed by atoms with Crippen molar-refractivity contribution < 1.29 is 9.53 Å². The summed E-state index contributed by atoms with van der Waals surface area (Å²) >= 11 is 0. The van der Waals surface area contributed by atoms with Gasteiger partial charge in [-0.3, -0.25) is 9.89 Å². The van der Waals surface area contributed by atoms with E-state index in [9.17, 15) is 4.79 Å². The van der Waals surface area contributed by atoms with Gasteiger partial charge in [0.2, 0.25) is 5.95 Å². The number of carbonyl (C=O) groups excluding carboxylic acids is 1. The number of amides is 1. The Hall–Kier alpha value is -2.62. The Morgan fingerprint density at radius 1 is 1.13 bits per heavy atom. The Labute approximate surface area is 184 Å². The number of hydrogen-bond donors (Lipinski definition) is 1. The molecular weight excluding hydrogens is 396 g/mol. The molecule has 0 bridgehead atoms. The maximum absolute atomic E-state index is 12.4. The minimum atomic E-state index is -0.466. The van der Waals surface area contributed by atoms with Crippen molar-refractivity contribution >= 4 is 18.0 Å². The number of carbonyl (C=O) groups is 1. The van der Waals surface area contributed by atoms with Crippen LogP contribution in [-0.4, -0.2) is 114 Å². The summed E-state index contributed by atoms with van der Waals surface area (Å²) < 4.78 is 5.52. The first-order valence-electron chi connectivity index (χ1n) is 11.2. The highest BCUT2D eigenvalue weighted by molar-refractivity contribution is 5.82.